The summed E-state index contributed by atoms with van der Waals surface area (Å²) in [7, 11) is 1.38. The molecular weight excluding hydrogens is 234 g/mol. The Morgan fingerprint density at radius 1 is 1.28 bits per heavy atom. The fourth-order valence-electron chi connectivity index (χ4n) is 2.06. The molecule has 1 rings (SSSR count). The van der Waals surface area contributed by atoms with E-state index in [1.165, 1.54) is 7.11 Å². The summed E-state index contributed by atoms with van der Waals surface area (Å²) in [6.07, 6.45) is 0.900. The molecule has 5 heteroatoms. The van der Waals surface area contributed by atoms with E-state index in [2.05, 4.69) is 4.74 Å². The van der Waals surface area contributed by atoms with Gasteiger partial charge >= 0.3 is 12.1 Å². The van der Waals surface area contributed by atoms with Crippen LogP contribution in [0.25, 0.3) is 0 Å². The summed E-state index contributed by atoms with van der Waals surface area (Å²) in [5, 5.41) is 0. The molecule has 104 valence electrons. The predicted octanol–water partition coefficient (Wildman–Crippen LogP) is 2.20. The number of likely N-dealkylation sites (tertiary alicyclic amines) is 1. The lowest BCUT2D eigenvalue weighted by atomic mass is 9.75. The standard InChI is InChI=1S/C13H23NO4/c1-6-13(7-10(15)17-5)8-14(9-13)11(16)18-12(2,3)4/h6-9H2,1-5H3. The van der Waals surface area contributed by atoms with E-state index in [0.29, 0.717) is 19.5 Å². The molecule has 1 heterocycles. The average molecular weight is 257 g/mol. The smallest absolute Gasteiger partial charge is 0.410 e. The van der Waals surface area contributed by atoms with E-state index < -0.39 is 5.60 Å². The number of nitrogens with zero attached hydrogens (tertiary/aromatic N) is 1. The van der Waals surface area contributed by atoms with Crippen LogP contribution in [-0.4, -0.2) is 42.8 Å². The average Bonchev–Trinajstić information content (AvgIpc) is 2.19. The number of carbonyl (C=O) groups is 2. The molecule has 0 aromatic heterocycles. The van der Waals surface area contributed by atoms with Gasteiger partial charge in [-0.05, 0) is 27.2 Å². The maximum atomic E-state index is 11.8. The Hall–Kier alpha value is -1.26. The third-order valence-electron chi connectivity index (χ3n) is 3.20. The van der Waals surface area contributed by atoms with Gasteiger partial charge in [0.25, 0.3) is 0 Å². The van der Waals surface area contributed by atoms with Crippen LogP contribution < -0.4 is 0 Å². The van der Waals surface area contributed by atoms with E-state index in [1.807, 2.05) is 27.7 Å². The van der Waals surface area contributed by atoms with E-state index in [0.717, 1.165) is 6.42 Å². The molecular formula is C13H23NO4. The molecule has 0 spiro atoms. The Bertz CT molecular complexity index is 326. The lowest BCUT2D eigenvalue weighted by Crippen LogP contribution is -2.59. The number of carbonyl (C=O) groups excluding carboxylic acids is 2. The first-order valence-electron chi connectivity index (χ1n) is 6.26. The van der Waals surface area contributed by atoms with Crippen molar-refractivity contribution in [3.05, 3.63) is 0 Å². The molecule has 1 saturated heterocycles. The number of ether oxygens (including phenoxy) is 2. The van der Waals surface area contributed by atoms with Gasteiger partial charge in [-0.1, -0.05) is 6.92 Å². The predicted molar refractivity (Wildman–Crippen MR) is 67.2 cm³/mol. The number of hydrogen-bond donors (Lipinski definition) is 0. The van der Waals surface area contributed by atoms with Gasteiger partial charge in [-0.25, -0.2) is 4.79 Å². The van der Waals surface area contributed by atoms with Crippen molar-refractivity contribution in [3.63, 3.8) is 0 Å². The van der Waals surface area contributed by atoms with Crippen LogP contribution in [0.3, 0.4) is 0 Å². The zero-order valence-corrected chi connectivity index (χ0v) is 11.9. The SMILES string of the molecule is CCC1(CC(=O)OC)CN(C(=O)OC(C)(C)C)C1. The molecule has 0 aromatic rings. The third kappa shape index (κ3) is 3.62. The summed E-state index contributed by atoms with van der Waals surface area (Å²) in [6, 6.07) is 0. The number of esters is 1. The summed E-state index contributed by atoms with van der Waals surface area (Å²) >= 11 is 0. The first-order chi connectivity index (χ1) is 8.21. The van der Waals surface area contributed by atoms with E-state index in [4.69, 9.17) is 4.74 Å². The molecule has 0 aliphatic carbocycles. The topological polar surface area (TPSA) is 55.8 Å². The minimum Gasteiger partial charge on any atom is -0.469 e. The maximum absolute atomic E-state index is 11.8. The summed E-state index contributed by atoms with van der Waals surface area (Å²) in [5.74, 6) is -0.222. The number of rotatable bonds is 3. The molecule has 1 amide bonds. The Balaban J connectivity index is 2.49. The largest absolute Gasteiger partial charge is 0.469 e. The van der Waals surface area contributed by atoms with Crippen LogP contribution in [0.15, 0.2) is 0 Å². The van der Waals surface area contributed by atoms with Crippen LogP contribution in [0.5, 0.6) is 0 Å². The highest BCUT2D eigenvalue weighted by Crippen LogP contribution is 2.38. The molecule has 1 aliphatic rings. The molecule has 18 heavy (non-hydrogen) atoms. The second-order valence-corrected chi connectivity index (χ2v) is 5.94. The third-order valence-corrected chi connectivity index (χ3v) is 3.20. The molecule has 0 unspecified atom stereocenters. The normalized spacial score (nSPS) is 17.9. The molecule has 0 saturated carbocycles. The van der Waals surface area contributed by atoms with Gasteiger partial charge in [0.15, 0.2) is 0 Å². The second-order valence-electron chi connectivity index (χ2n) is 5.94. The molecule has 0 aromatic carbocycles. The van der Waals surface area contributed by atoms with Gasteiger partial charge in [-0.2, -0.15) is 0 Å². The summed E-state index contributed by atoms with van der Waals surface area (Å²) < 4.78 is 9.97. The van der Waals surface area contributed by atoms with E-state index in [9.17, 15) is 9.59 Å². The minimum absolute atomic E-state index is 0.135. The van der Waals surface area contributed by atoms with Crippen molar-refractivity contribution in [2.45, 2.75) is 46.1 Å². The van der Waals surface area contributed by atoms with Gasteiger partial charge in [0.2, 0.25) is 0 Å². The van der Waals surface area contributed by atoms with Crippen LogP contribution in [0.2, 0.25) is 0 Å². The second kappa shape index (κ2) is 5.16. The number of methoxy groups -OCH3 is 1. The summed E-state index contributed by atoms with van der Waals surface area (Å²) in [5.41, 5.74) is -0.617. The van der Waals surface area contributed by atoms with Crippen molar-refractivity contribution in [1.82, 2.24) is 4.90 Å². The van der Waals surface area contributed by atoms with Gasteiger partial charge in [-0.3, -0.25) is 4.79 Å². The van der Waals surface area contributed by atoms with Crippen molar-refractivity contribution in [2.24, 2.45) is 5.41 Å². The molecule has 0 N–H and O–H groups in total. The van der Waals surface area contributed by atoms with Gasteiger partial charge < -0.3 is 14.4 Å². The first kappa shape index (κ1) is 14.8. The van der Waals surface area contributed by atoms with Gasteiger partial charge in [0.05, 0.1) is 13.5 Å². The van der Waals surface area contributed by atoms with Crippen LogP contribution >= 0.6 is 0 Å². The molecule has 0 radical (unpaired) electrons. The fourth-order valence-corrected chi connectivity index (χ4v) is 2.06. The Kier molecular flexibility index (Phi) is 4.24. The van der Waals surface area contributed by atoms with Gasteiger partial charge in [0.1, 0.15) is 5.60 Å². The number of hydrogen-bond acceptors (Lipinski definition) is 4. The van der Waals surface area contributed by atoms with Crippen LogP contribution in [0.1, 0.15) is 40.5 Å². The van der Waals surface area contributed by atoms with Gasteiger partial charge in [0, 0.05) is 18.5 Å². The highest BCUT2D eigenvalue weighted by atomic mass is 16.6. The van der Waals surface area contributed by atoms with Gasteiger partial charge in [-0.15, -0.1) is 0 Å². The molecule has 0 bridgehead atoms. The molecule has 1 aliphatic heterocycles. The van der Waals surface area contributed by atoms with Crippen molar-refractivity contribution in [2.75, 3.05) is 20.2 Å². The lowest BCUT2D eigenvalue weighted by molar-refractivity contribution is -0.147. The molecule has 1 fully saturated rings. The minimum atomic E-state index is -0.482. The number of amides is 1. The highest BCUT2D eigenvalue weighted by Gasteiger charge is 2.46. The van der Waals surface area contributed by atoms with E-state index >= 15 is 0 Å². The molecule has 0 atom stereocenters. The van der Waals surface area contributed by atoms with Crippen molar-refractivity contribution in [1.29, 1.82) is 0 Å². The summed E-state index contributed by atoms with van der Waals surface area (Å²) in [4.78, 5) is 24.8. The molecule has 5 nitrogen and oxygen atoms in total. The Morgan fingerprint density at radius 2 is 1.83 bits per heavy atom. The van der Waals surface area contributed by atoms with Crippen LogP contribution in [-0.2, 0) is 14.3 Å². The van der Waals surface area contributed by atoms with E-state index in [1.54, 1.807) is 4.90 Å². The Morgan fingerprint density at radius 3 is 2.22 bits per heavy atom. The zero-order valence-electron chi connectivity index (χ0n) is 11.9. The summed E-state index contributed by atoms with van der Waals surface area (Å²) in [6.45, 7) is 8.67. The first-order valence-corrected chi connectivity index (χ1v) is 6.26. The van der Waals surface area contributed by atoms with Crippen LogP contribution in [0, 0.1) is 5.41 Å². The fraction of sp³-hybridized carbons (Fsp3) is 0.846. The van der Waals surface area contributed by atoms with Crippen molar-refractivity contribution in [3.8, 4) is 0 Å². The van der Waals surface area contributed by atoms with Crippen molar-refractivity contribution < 1.29 is 19.1 Å². The maximum Gasteiger partial charge on any atom is 0.410 e. The highest BCUT2D eigenvalue weighted by molar-refractivity contribution is 5.73. The zero-order chi connectivity index (χ0) is 14.0. The Labute approximate surface area is 108 Å². The van der Waals surface area contributed by atoms with Crippen molar-refractivity contribution >= 4 is 12.1 Å². The quantitative estimate of drug-likeness (QED) is 0.727. The van der Waals surface area contributed by atoms with E-state index in [-0.39, 0.29) is 17.5 Å². The lowest BCUT2D eigenvalue weighted by Gasteiger charge is -2.49. The monoisotopic (exact) mass is 257 g/mol. The van der Waals surface area contributed by atoms with Crippen LogP contribution in [0.4, 0.5) is 4.79 Å².